The van der Waals surface area contributed by atoms with Gasteiger partial charge in [-0.15, -0.1) is 4.91 Å². The Hall–Kier alpha value is -2.51. The maximum absolute atomic E-state index is 11.0. The number of nitrogens with zero attached hydrogens (tertiary/aromatic N) is 2. The number of hydrogen-bond acceptors (Lipinski definition) is 7. The van der Waals surface area contributed by atoms with Crippen LogP contribution in [0.3, 0.4) is 0 Å². The largest absolute Gasteiger partial charge is 0.494 e. The van der Waals surface area contributed by atoms with E-state index in [1.165, 1.54) is 27.0 Å². The molecule has 23 heavy (non-hydrogen) atoms. The molecule has 0 aliphatic heterocycles. The number of nitroso groups, excluding NO2 is 1. The predicted octanol–water partition coefficient (Wildman–Crippen LogP) is 4.68. The average molecular weight is 328 g/mol. The highest BCUT2D eigenvalue weighted by Gasteiger charge is 2.24. The van der Waals surface area contributed by atoms with Crippen molar-refractivity contribution < 1.29 is 19.2 Å². The molecule has 0 heterocycles. The van der Waals surface area contributed by atoms with Gasteiger partial charge in [0.05, 0.1) is 17.6 Å². The molecule has 0 saturated heterocycles. The molecule has 0 radical (unpaired) electrons. The summed E-state index contributed by atoms with van der Waals surface area (Å²) in [6.07, 6.45) is -0.840. The van der Waals surface area contributed by atoms with Crippen LogP contribution in [0.25, 0.3) is 0 Å². The van der Waals surface area contributed by atoms with Crippen molar-refractivity contribution in [1.29, 1.82) is 0 Å². The van der Waals surface area contributed by atoms with Crippen LogP contribution < -0.4 is 4.74 Å². The third-order valence-corrected chi connectivity index (χ3v) is 2.40. The molecule has 1 aromatic carbocycles. The van der Waals surface area contributed by atoms with E-state index in [1.807, 2.05) is 27.7 Å². The Morgan fingerprint density at radius 1 is 1.26 bits per heavy atom. The number of ether oxygens (including phenoxy) is 2. The molecule has 0 bridgehead atoms. The lowest BCUT2D eigenvalue weighted by molar-refractivity contribution is -0.386. The molecule has 1 rings (SSSR count). The Morgan fingerprint density at radius 3 is 2.13 bits per heavy atom. The Kier molecular flexibility index (Phi) is 12.0. The van der Waals surface area contributed by atoms with Crippen molar-refractivity contribution in [2.45, 2.75) is 47.6 Å². The SMILES string of the molecule is CC.CC.COc1cc(C(C)OC(C)=O)c([N+](=O)[O-])cc1N=O. The predicted molar refractivity (Wildman–Crippen MR) is 88.0 cm³/mol. The minimum Gasteiger partial charge on any atom is -0.494 e. The van der Waals surface area contributed by atoms with E-state index in [9.17, 15) is 19.8 Å². The van der Waals surface area contributed by atoms with Gasteiger partial charge in [-0.3, -0.25) is 14.9 Å². The summed E-state index contributed by atoms with van der Waals surface area (Å²) in [5, 5.41) is 13.6. The standard InChI is InChI=1S/C11H12N2O6.2C2H6/c1-6(19-7(2)14)8-4-11(18-3)9(12-15)5-10(8)13(16)17;2*1-2/h4-6H,1-3H3;2*1-2H3. The maximum atomic E-state index is 11.0. The zero-order chi connectivity index (χ0) is 18.6. The van der Waals surface area contributed by atoms with Crippen LogP contribution in [-0.4, -0.2) is 18.0 Å². The van der Waals surface area contributed by atoms with Gasteiger partial charge in [-0.1, -0.05) is 27.7 Å². The number of esters is 1. The smallest absolute Gasteiger partial charge is 0.303 e. The number of carbonyl (C=O) groups excluding carboxylic acids is 1. The first kappa shape index (κ1) is 22.8. The van der Waals surface area contributed by atoms with Gasteiger partial charge in [0.25, 0.3) is 5.69 Å². The lowest BCUT2D eigenvalue weighted by Crippen LogP contribution is -2.07. The highest BCUT2D eigenvalue weighted by atomic mass is 16.6. The molecule has 0 saturated carbocycles. The van der Waals surface area contributed by atoms with Crippen molar-refractivity contribution in [1.82, 2.24) is 0 Å². The second-order valence-electron chi connectivity index (χ2n) is 3.68. The van der Waals surface area contributed by atoms with Gasteiger partial charge in [-0.05, 0) is 18.2 Å². The summed E-state index contributed by atoms with van der Waals surface area (Å²) in [5.41, 5.74) is -0.415. The van der Waals surface area contributed by atoms with Crippen molar-refractivity contribution >= 4 is 17.3 Å². The van der Waals surface area contributed by atoms with Crippen LogP contribution in [0, 0.1) is 15.0 Å². The zero-order valence-electron chi connectivity index (χ0n) is 14.6. The minimum absolute atomic E-state index is 0.0783. The normalized spacial score (nSPS) is 10.0. The average Bonchev–Trinajstić information content (AvgIpc) is 2.56. The number of methoxy groups -OCH3 is 1. The first-order valence-electron chi connectivity index (χ1n) is 7.27. The van der Waals surface area contributed by atoms with E-state index < -0.39 is 17.0 Å². The van der Waals surface area contributed by atoms with Gasteiger partial charge in [0.2, 0.25) is 0 Å². The molecule has 0 aliphatic carbocycles. The maximum Gasteiger partial charge on any atom is 0.303 e. The molecule has 0 amide bonds. The Balaban J connectivity index is 0. The monoisotopic (exact) mass is 328 g/mol. The van der Waals surface area contributed by atoms with E-state index in [-0.39, 0.29) is 22.7 Å². The summed E-state index contributed by atoms with van der Waals surface area (Å²) >= 11 is 0. The number of carbonyl (C=O) groups is 1. The molecular weight excluding hydrogens is 304 g/mol. The van der Waals surface area contributed by atoms with Crippen LogP contribution in [0.1, 0.15) is 53.2 Å². The molecule has 1 aromatic rings. The summed E-state index contributed by atoms with van der Waals surface area (Å²) in [7, 11) is 1.30. The highest BCUT2D eigenvalue weighted by molar-refractivity contribution is 5.67. The van der Waals surface area contributed by atoms with Crippen molar-refractivity contribution in [2.24, 2.45) is 5.18 Å². The van der Waals surface area contributed by atoms with Crippen molar-refractivity contribution in [3.05, 3.63) is 32.7 Å². The van der Waals surface area contributed by atoms with Crippen LogP contribution in [0.2, 0.25) is 0 Å². The molecule has 8 heteroatoms. The Bertz CT molecular complexity index is 531. The fourth-order valence-corrected chi connectivity index (χ4v) is 1.60. The van der Waals surface area contributed by atoms with E-state index in [4.69, 9.17) is 9.47 Å². The van der Waals surface area contributed by atoms with E-state index in [2.05, 4.69) is 5.18 Å². The van der Waals surface area contributed by atoms with Crippen LogP contribution in [0.5, 0.6) is 5.75 Å². The molecule has 130 valence electrons. The van der Waals surface area contributed by atoms with E-state index in [1.54, 1.807) is 0 Å². The fourth-order valence-electron chi connectivity index (χ4n) is 1.60. The molecule has 1 unspecified atom stereocenters. The van der Waals surface area contributed by atoms with Gasteiger partial charge in [-0.2, -0.15) is 0 Å². The minimum atomic E-state index is -0.840. The quantitative estimate of drug-likeness (QED) is 0.336. The van der Waals surface area contributed by atoms with Gasteiger partial charge in [0.15, 0.2) is 5.69 Å². The second kappa shape index (κ2) is 12.1. The number of benzene rings is 1. The molecule has 8 nitrogen and oxygen atoms in total. The molecule has 0 N–H and O–H groups in total. The summed E-state index contributed by atoms with van der Waals surface area (Å²) in [5.74, 6) is -0.493. The number of rotatable bonds is 5. The summed E-state index contributed by atoms with van der Waals surface area (Å²) in [6.45, 7) is 10.7. The van der Waals surface area contributed by atoms with E-state index >= 15 is 0 Å². The molecule has 0 fully saturated rings. The van der Waals surface area contributed by atoms with Gasteiger partial charge in [-0.25, -0.2) is 0 Å². The Labute approximate surface area is 135 Å². The zero-order valence-corrected chi connectivity index (χ0v) is 14.6. The third-order valence-electron chi connectivity index (χ3n) is 2.40. The second-order valence-corrected chi connectivity index (χ2v) is 3.68. The van der Waals surface area contributed by atoms with Crippen molar-refractivity contribution in [3.8, 4) is 5.75 Å². The first-order valence-corrected chi connectivity index (χ1v) is 7.27. The molecule has 1 atom stereocenters. The molecule has 0 aromatic heterocycles. The van der Waals surface area contributed by atoms with Gasteiger partial charge in [0.1, 0.15) is 11.9 Å². The van der Waals surface area contributed by atoms with Crippen LogP contribution in [0.4, 0.5) is 11.4 Å². The van der Waals surface area contributed by atoms with Crippen LogP contribution in [-0.2, 0) is 9.53 Å². The van der Waals surface area contributed by atoms with Crippen molar-refractivity contribution in [3.63, 3.8) is 0 Å². The number of hydrogen-bond donors (Lipinski definition) is 0. The van der Waals surface area contributed by atoms with E-state index in [0.29, 0.717) is 0 Å². The Morgan fingerprint density at radius 2 is 1.78 bits per heavy atom. The first-order chi connectivity index (χ1) is 10.9. The van der Waals surface area contributed by atoms with Crippen LogP contribution >= 0.6 is 0 Å². The lowest BCUT2D eigenvalue weighted by Gasteiger charge is -2.14. The number of nitro benzene ring substituents is 1. The van der Waals surface area contributed by atoms with Crippen molar-refractivity contribution in [2.75, 3.05) is 7.11 Å². The number of nitro groups is 1. The fraction of sp³-hybridized carbons (Fsp3) is 0.533. The molecule has 0 aliphatic rings. The highest BCUT2D eigenvalue weighted by Crippen LogP contribution is 2.38. The van der Waals surface area contributed by atoms with Gasteiger partial charge in [0, 0.05) is 13.0 Å². The molecule has 0 spiro atoms. The van der Waals surface area contributed by atoms with E-state index in [0.717, 1.165) is 6.07 Å². The molecular formula is C15H24N2O6. The van der Waals surface area contributed by atoms with Gasteiger partial charge >= 0.3 is 5.97 Å². The third kappa shape index (κ3) is 6.86. The van der Waals surface area contributed by atoms with Crippen LogP contribution in [0.15, 0.2) is 17.3 Å². The summed E-state index contributed by atoms with van der Waals surface area (Å²) < 4.78 is 9.80. The summed E-state index contributed by atoms with van der Waals surface area (Å²) in [4.78, 5) is 31.8. The lowest BCUT2D eigenvalue weighted by atomic mass is 10.1. The van der Waals surface area contributed by atoms with Gasteiger partial charge < -0.3 is 9.47 Å². The topological polar surface area (TPSA) is 108 Å². The summed E-state index contributed by atoms with van der Waals surface area (Å²) in [6, 6.07) is 2.25.